The van der Waals surface area contributed by atoms with E-state index < -0.39 is 0 Å². The summed E-state index contributed by atoms with van der Waals surface area (Å²) in [4.78, 5) is 14.5. The molecule has 0 bridgehead atoms. The van der Waals surface area contributed by atoms with Crippen LogP contribution in [0.2, 0.25) is 5.02 Å². The van der Waals surface area contributed by atoms with Crippen molar-refractivity contribution < 1.29 is 9.53 Å². The topological polar surface area (TPSA) is 41.6 Å². The third-order valence-electron chi connectivity index (χ3n) is 4.04. The van der Waals surface area contributed by atoms with E-state index in [4.69, 9.17) is 16.3 Å². The Labute approximate surface area is 148 Å². The van der Waals surface area contributed by atoms with Crippen LogP contribution in [0.4, 0.5) is 5.69 Å². The number of hydrogen-bond donors (Lipinski definition) is 1. The standard InChI is InChI=1S/C19H23ClN2O2/c1-4-22(14(2)15-9-5-6-10-16(15)20)13-19(23)21-17-11-7-8-12-18(17)24-3/h5-12,14H,4,13H2,1-3H3,(H,21,23). The number of carbonyl (C=O) groups is 1. The van der Waals surface area contributed by atoms with Gasteiger partial charge in [-0.05, 0) is 37.2 Å². The summed E-state index contributed by atoms with van der Waals surface area (Å²) < 4.78 is 5.26. The molecule has 2 aromatic carbocycles. The molecule has 0 aromatic heterocycles. The lowest BCUT2D eigenvalue weighted by atomic mass is 10.1. The maximum atomic E-state index is 12.4. The zero-order chi connectivity index (χ0) is 17.5. The van der Waals surface area contributed by atoms with Crippen molar-refractivity contribution in [2.75, 3.05) is 25.5 Å². The zero-order valence-electron chi connectivity index (χ0n) is 14.3. The molecule has 1 N–H and O–H groups in total. The van der Waals surface area contributed by atoms with Gasteiger partial charge in [-0.25, -0.2) is 0 Å². The highest BCUT2D eigenvalue weighted by Gasteiger charge is 2.19. The summed E-state index contributed by atoms with van der Waals surface area (Å²) in [5.41, 5.74) is 1.69. The fourth-order valence-corrected chi connectivity index (χ4v) is 2.95. The van der Waals surface area contributed by atoms with Gasteiger partial charge in [0.2, 0.25) is 5.91 Å². The summed E-state index contributed by atoms with van der Waals surface area (Å²) in [6, 6.07) is 15.2. The van der Waals surface area contributed by atoms with E-state index >= 15 is 0 Å². The number of nitrogens with zero attached hydrogens (tertiary/aromatic N) is 1. The molecule has 0 fully saturated rings. The number of likely N-dealkylation sites (N-methyl/N-ethyl adjacent to an activating group) is 1. The first-order valence-electron chi connectivity index (χ1n) is 7.98. The molecule has 0 radical (unpaired) electrons. The minimum absolute atomic E-state index is 0.0483. The highest BCUT2D eigenvalue weighted by Crippen LogP contribution is 2.27. The minimum Gasteiger partial charge on any atom is -0.495 e. The zero-order valence-corrected chi connectivity index (χ0v) is 15.0. The molecule has 0 saturated carbocycles. The Kier molecular flexibility index (Phi) is 6.64. The fourth-order valence-electron chi connectivity index (χ4n) is 2.66. The van der Waals surface area contributed by atoms with E-state index in [9.17, 15) is 4.79 Å². The Morgan fingerprint density at radius 3 is 2.54 bits per heavy atom. The molecule has 24 heavy (non-hydrogen) atoms. The minimum atomic E-state index is -0.0831. The van der Waals surface area contributed by atoms with Gasteiger partial charge in [-0.3, -0.25) is 9.69 Å². The Bertz CT molecular complexity index is 691. The number of ether oxygens (including phenoxy) is 1. The summed E-state index contributed by atoms with van der Waals surface area (Å²) >= 11 is 6.28. The first-order chi connectivity index (χ1) is 11.6. The predicted octanol–water partition coefficient (Wildman–Crippen LogP) is 4.37. The van der Waals surface area contributed by atoms with Gasteiger partial charge in [-0.1, -0.05) is 48.9 Å². The Morgan fingerprint density at radius 2 is 1.88 bits per heavy atom. The van der Waals surface area contributed by atoms with Crippen LogP contribution in [-0.4, -0.2) is 31.0 Å². The van der Waals surface area contributed by atoms with E-state index in [-0.39, 0.29) is 18.5 Å². The van der Waals surface area contributed by atoms with Crippen LogP contribution in [0.5, 0.6) is 5.75 Å². The van der Waals surface area contributed by atoms with Crippen molar-refractivity contribution >= 4 is 23.2 Å². The third kappa shape index (κ3) is 4.49. The van der Waals surface area contributed by atoms with Crippen molar-refractivity contribution in [3.8, 4) is 5.75 Å². The predicted molar refractivity (Wildman–Crippen MR) is 98.7 cm³/mol. The quantitative estimate of drug-likeness (QED) is 0.809. The van der Waals surface area contributed by atoms with Gasteiger partial charge in [0, 0.05) is 11.1 Å². The average Bonchev–Trinajstić information content (AvgIpc) is 2.60. The van der Waals surface area contributed by atoms with Gasteiger partial charge in [0.1, 0.15) is 5.75 Å². The molecule has 0 aliphatic carbocycles. The number of halogens is 1. The van der Waals surface area contributed by atoms with Crippen LogP contribution in [0.25, 0.3) is 0 Å². The number of benzene rings is 2. The van der Waals surface area contributed by atoms with Crippen LogP contribution in [0.3, 0.4) is 0 Å². The first-order valence-corrected chi connectivity index (χ1v) is 8.36. The molecule has 0 saturated heterocycles. The van der Waals surface area contributed by atoms with Gasteiger partial charge in [0.05, 0.1) is 19.3 Å². The van der Waals surface area contributed by atoms with Crippen LogP contribution < -0.4 is 10.1 Å². The van der Waals surface area contributed by atoms with Crippen molar-refractivity contribution in [2.24, 2.45) is 0 Å². The summed E-state index contributed by atoms with van der Waals surface area (Å²) in [6.45, 7) is 5.11. The van der Waals surface area contributed by atoms with E-state index in [0.717, 1.165) is 12.1 Å². The van der Waals surface area contributed by atoms with Crippen LogP contribution in [0.1, 0.15) is 25.5 Å². The number of anilines is 1. The van der Waals surface area contributed by atoms with Gasteiger partial charge in [-0.2, -0.15) is 0 Å². The Balaban J connectivity index is 2.07. The molecule has 2 aromatic rings. The van der Waals surface area contributed by atoms with Crippen LogP contribution >= 0.6 is 11.6 Å². The van der Waals surface area contributed by atoms with E-state index in [1.165, 1.54) is 0 Å². The number of rotatable bonds is 7. The van der Waals surface area contributed by atoms with Gasteiger partial charge < -0.3 is 10.1 Å². The SMILES string of the molecule is CCN(CC(=O)Nc1ccccc1OC)C(C)c1ccccc1Cl. The summed E-state index contributed by atoms with van der Waals surface area (Å²) in [6.07, 6.45) is 0. The second-order valence-electron chi connectivity index (χ2n) is 5.51. The van der Waals surface area contributed by atoms with Crippen LogP contribution in [-0.2, 0) is 4.79 Å². The van der Waals surface area contributed by atoms with Crippen molar-refractivity contribution in [2.45, 2.75) is 19.9 Å². The first kappa shape index (κ1) is 18.3. The molecular weight excluding hydrogens is 324 g/mol. The molecule has 2 rings (SSSR count). The molecule has 5 heteroatoms. The normalized spacial score (nSPS) is 12.0. The smallest absolute Gasteiger partial charge is 0.238 e. The molecule has 4 nitrogen and oxygen atoms in total. The lowest BCUT2D eigenvalue weighted by Crippen LogP contribution is -2.35. The van der Waals surface area contributed by atoms with Gasteiger partial charge in [0.25, 0.3) is 0 Å². The van der Waals surface area contributed by atoms with Crippen LogP contribution in [0.15, 0.2) is 48.5 Å². The number of hydrogen-bond acceptors (Lipinski definition) is 3. The lowest BCUT2D eigenvalue weighted by molar-refractivity contribution is -0.117. The average molecular weight is 347 g/mol. The second kappa shape index (κ2) is 8.71. The molecule has 0 aliphatic rings. The summed E-state index contributed by atoms with van der Waals surface area (Å²) in [7, 11) is 1.59. The molecular formula is C19H23ClN2O2. The largest absolute Gasteiger partial charge is 0.495 e. The summed E-state index contributed by atoms with van der Waals surface area (Å²) in [5.74, 6) is 0.563. The Morgan fingerprint density at radius 1 is 1.21 bits per heavy atom. The molecule has 1 amide bonds. The highest BCUT2D eigenvalue weighted by atomic mass is 35.5. The maximum absolute atomic E-state index is 12.4. The molecule has 1 unspecified atom stereocenters. The van der Waals surface area contributed by atoms with E-state index in [1.807, 2.05) is 55.5 Å². The summed E-state index contributed by atoms with van der Waals surface area (Å²) in [5, 5.41) is 3.62. The number of carbonyl (C=O) groups excluding carboxylic acids is 1. The molecule has 0 spiro atoms. The molecule has 0 aliphatic heterocycles. The second-order valence-corrected chi connectivity index (χ2v) is 5.92. The van der Waals surface area contributed by atoms with E-state index in [1.54, 1.807) is 7.11 Å². The third-order valence-corrected chi connectivity index (χ3v) is 4.38. The molecule has 128 valence electrons. The lowest BCUT2D eigenvalue weighted by Gasteiger charge is -2.28. The van der Waals surface area contributed by atoms with Crippen molar-refractivity contribution in [1.29, 1.82) is 0 Å². The fraction of sp³-hybridized carbons (Fsp3) is 0.316. The monoisotopic (exact) mass is 346 g/mol. The van der Waals surface area contributed by atoms with Gasteiger partial charge in [-0.15, -0.1) is 0 Å². The van der Waals surface area contributed by atoms with Crippen molar-refractivity contribution in [3.63, 3.8) is 0 Å². The van der Waals surface area contributed by atoms with Gasteiger partial charge in [0.15, 0.2) is 0 Å². The highest BCUT2D eigenvalue weighted by molar-refractivity contribution is 6.31. The molecule has 1 atom stereocenters. The molecule has 0 heterocycles. The van der Waals surface area contributed by atoms with E-state index in [0.29, 0.717) is 16.5 Å². The number of para-hydroxylation sites is 2. The van der Waals surface area contributed by atoms with Gasteiger partial charge >= 0.3 is 0 Å². The van der Waals surface area contributed by atoms with Crippen molar-refractivity contribution in [1.82, 2.24) is 4.90 Å². The Hall–Kier alpha value is -2.04. The number of methoxy groups -OCH3 is 1. The van der Waals surface area contributed by atoms with Crippen LogP contribution in [0, 0.1) is 0 Å². The maximum Gasteiger partial charge on any atom is 0.238 e. The van der Waals surface area contributed by atoms with Crippen molar-refractivity contribution in [3.05, 3.63) is 59.1 Å². The number of nitrogens with one attached hydrogen (secondary N) is 1. The number of amides is 1. The van der Waals surface area contributed by atoms with E-state index in [2.05, 4.69) is 17.1 Å².